The van der Waals surface area contributed by atoms with Crippen molar-refractivity contribution in [1.29, 1.82) is 0 Å². The third-order valence-corrected chi connectivity index (χ3v) is 5.06. The molecular weight excluding hydrogens is 372 g/mol. The van der Waals surface area contributed by atoms with Gasteiger partial charge in [-0.25, -0.2) is 9.59 Å². The first kappa shape index (κ1) is 22.7. The number of ether oxygens (including phenoxy) is 2. The highest BCUT2D eigenvalue weighted by Crippen LogP contribution is 2.30. The molecule has 1 atom stereocenters. The predicted octanol–water partition coefficient (Wildman–Crippen LogP) is 3.88. The van der Waals surface area contributed by atoms with Gasteiger partial charge in [-0.3, -0.25) is 4.79 Å². The zero-order chi connectivity index (χ0) is 21.7. The van der Waals surface area contributed by atoms with Crippen LogP contribution in [0.3, 0.4) is 0 Å². The molecule has 2 rings (SSSR count). The first-order valence-corrected chi connectivity index (χ1v) is 10.1. The smallest absolute Gasteiger partial charge is 0.408 e. The van der Waals surface area contributed by atoms with Crippen LogP contribution in [0.25, 0.3) is 0 Å². The number of benzene rings is 1. The number of nitrogens with one attached hydrogen (secondary N) is 2. The minimum atomic E-state index is -0.971. The summed E-state index contributed by atoms with van der Waals surface area (Å²) in [5.74, 6) is -0.622. The zero-order valence-electron chi connectivity index (χ0n) is 18.0. The van der Waals surface area contributed by atoms with Crippen LogP contribution in [0.4, 0.5) is 4.79 Å². The summed E-state index contributed by atoms with van der Waals surface area (Å²) in [4.78, 5) is 37.1. The zero-order valence-corrected chi connectivity index (χ0v) is 18.0. The average Bonchev–Trinajstić information content (AvgIpc) is 2.66. The summed E-state index contributed by atoms with van der Waals surface area (Å²) in [6, 6.07) is 6.62. The van der Waals surface area contributed by atoms with E-state index in [9.17, 15) is 14.4 Å². The van der Waals surface area contributed by atoms with Gasteiger partial charge in [-0.05, 0) is 58.2 Å². The van der Waals surface area contributed by atoms with Gasteiger partial charge in [0.15, 0.2) is 0 Å². The molecule has 7 heteroatoms. The fourth-order valence-electron chi connectivity index (χ4n) is 3.51. The van der Waals surface area contributed by atoms with E-state index in [2.05, 4.69) is 10.6 Å². The summed E-state index contributed by atoms with van der Waals surface area (Å²) in [6.45, 7) is 7.25. The van der Waals surface area contributed by atoms with Gasteiger partial charge in [-0.15, -0.1) is 0 Å². The third-order valence-electron chi connectivity index (χ3n) is 5.06. The van der Waals surface area contributed by atoms with E-state index in [1.807, 2.05) is 6.92 Å². The van der Waals surface area contributed by atoms with E-state index in [4.69, 9.17) is 9.47 Å². The van der Waals surface area contributed by atoms with Crippen molar-refractivity contribution in [3.8, 4) is 0 Å². The van der Waals surface area contributed by atoms with Crippen molar-refractivity contribution in [2.24, 2.45) is 0 Å². The van der Waals surface area contributed by atoms with Crippen LogP contribution in [-0.4, -0.2) is 36.2 Å². The molecule has 1 aromatic carbocycles. The average molecular weight is 405 g/mol. The summed E-state index contributed by atoms with van der Waals surface area (Å²) in [7, 11) is 1.33. The lowest BCUT2D eigenvalue weighted by molar-refractivity contribution is -0.129. The van der Waals surface area contributed by atoms with Gasteiger partial charge in [0.05, 0.1) is 18.7 Å². The van der Waals surface area contributed by atoms with Gasteiger partial charge < -0.3 is 20.1 Å². The molecule has 160 valence electrons. The fourth-order valence-corrected chi connectivity index (χ4v) is 3.51. The maximum absolute atomic E-state index is 13.2. The van der Waals surface area contributed by atoms with E-state index in [-0.39, 0.29) is 11.9 Å². The van der Waals surface area contributed by atoms with E-state index < -0.39 is 23.2 Å². The lowest BCUT2D eigenvalue weighted by atomic mass is 9.80. The van der Waals surface area contributed by atoms with E-state index in [1.165, 1.54) is 7.11 Å². The van der Waals surface area contributed by atoms with Crippen molar-refractivity contribution >= 4 is 18.0 Å². The van der Waals surface area contributed by atoms with E-state index in [0.717, 1.165) is 24.8 Å². The molecule has 1 saturated carbocycles. The highest BCUT2D eigenvalue weighted by atomic mass is 16.6. The van der Waals surface area contributed by atoms with Gasteiger partial charge in [0.2, 0.25) is 5.91 Å². The van der Waals surface area contributed by atoms with Gasteiger partial charge >= 0.3 is 12.1 Å². The molecule has 0 saturated heterocycles. The molecule has 29 heavy (non-hydrogen) atoms. The number of methoxy groups -OCH3 is 1. The number of carbonyl (C=O) groups is 3. The van der Waals surface area contributed by atoms with Crippen molar-refractivity contribution in [1.82, 2.24) is 10.6 Å². The molecule has 0 aliphatic heterocycles. The molecule has 0 aromatic heterocycles. The Morgan fingerprint density at radius 2 is 1.62 bits per heavy atom. The highest BCUT2D eigenvalue weighted by Gasteiger charge is 2.42. The van der Waals surface area contributed by atoms with Gasteiger partial charge in [0.1, 0.15) is 11.1 Å². The Bertz CT molecular complexity index is 731. The van der Waals surface area contributed by atoms with Crippen molar-refractivity contribution in [2.75, 3.05) is 7.11 Å². The number of alkyl carbamates (subject to hydrolysis) is 1. The Labute approximate surface area is 172 Å². The second-order valence-corrected chi connectivity index (χ2v) is 8.58. The van der Waals surface area contributed by atoms with E-state index >= 15 is 0 Å². The minimum absolute atomic E-state index is 0.215. The van der Waals surface area contributed by atoms with Crippen LogP contribution in [0.1, 0.15) is 81.8 Å². The standard InChI is InChI=1S/C22H32N2O5/c1-15(16-9-11-17(12-10-16)18(25)28-5)23-19(26)22(13-7-6-8-14-22)24-20(27)29-21(2,3)4/h9-12,15H,6-8,13-14H2,1-5H3,(H,23,26)(H,24,27)/t15-/m0/s1. The Morgan fingerprint density at radius 3 is 2.14 bits per heavy atom. The van der Waals surface area contributed by atoms with Crippen LogP contribution in [-0.2, 0) is 14.3 Å². The Balaban J connectivity index is 2.10. The quantitative estimate of drug-likeness (QED) is 0.727. The molecule has 0 spiro atoms. The molecule has 1 aliphatic carbocycles. The van der Waals surface area contributed by atoms with Gasteiger partial charge in [-0.2, -0.15) is 0 Å². The minimum Gasteiger partial charge on any atom is -0.465 e. The summed E-state index contributed by atoms with van der Waals surface area (Å²) in [5, 5.41) is 5.85. The second kappa shape index (κ2) is 9.29. The van der Waals surface area contributed by atoms with Crippen molar-refractivity contribution in [3.63, 3.8) is 0 Å². The summed E-state index contributed by atoms with van der Waals surface area (Å²) in [5.41, 5.74) is -0.300. The largest absolute Gasteiger partial charge is 0.465 e. The number of carbonyl (C=O) groups excluding carboxylic acids is 3. The topological polar surface area (TPSA) is 93.7 Å². The van der Waals surface area contributed by atoms with Crippen LogP contribution in [0.2, 0.25) is 0 Å². The molecule has 1 fully saturated rings. The molecule has 0 bridgehead atoms. The molecule has 2 amide bonds. The Hall–Kier alpha value is -2.57. The lowest BCUT2D eigenvalue weighted by Crippen LogP contribution is -2.60. The van der Waals surface area contributed by atoms with Crippen molar-refractivity contribution in [2.45, 2.75) is 77.0 Å². The van der Waals surface area contributed by atoms with Crippen LogP contribution in [0.15, 0.2) is 24.3 Å². The number of rotatable bonds is 5. The number of hydrogen-bond donors (Lipinski definition) is 2. The highest BCUT2D eigenvalue weighted by molar-refractivity contribution is 5.91. The van der Waals surface area contributed by atoms with Crippen LogP contribution in [0, 0.1) is 0 Å². The molecule has 1 aromatic rings. The van der Waals surface area contributed by atoms with Crippen LogP contribution in [0.5, 0.6) is 0 Å². The van der Waals surface area contributed by atoms with Crippen LogP contribution >= 0.6 is 0 Å². The monoisotopic (exact) mass is 404 g/mol. The van der Waals surface area contributed by atoms with Gasteiger partial charge in [0, 0.05) is 0 Å². The third kappa shape index (κ3) is 6.21. The molecular formula is C22H32N2O5. The van der Waals surface area contributed by atoms with Gasteiger partial charge in [-0.1, -0.05) is 31.4 Å². The number of amides is 2. The molecule has 7 nitrogen and oxygen atoms in total. The molecule has 0 radical (unpaired) electrons. The van der Waals surface area contributed by atoms with E-state index in [1.54, 1.807) is 45.0 Å². The summed E-state index contributed by atoms with van der Waals surface area (Å²) < 4.78 is 10.1. The molecule has 2 N–H and O–H groups in total. The van der Waals surface area contributed by atoms with E-state index in [0.29, 0.717) is 18.4 Å². The molecule has 0 unspecified atom stereocenters. The number of esters is 1. The summed E-state index contributed by atoms with van der Waals surface area (Å²) in [6.07, 6.45) is 3.34. The Kier molecular flexibility index (Phi) is 7.27. The maximum atomic E-state index is 13.2. The second-order valence-electron chi connectivity index (χ2n) is 8.58. The summed E-state index contributed by atoms with van der Waals surface area (Å²) >= 11 is 0. The van der Waals surface area contributed by atoms with Gasteiger partial charge in [0.25, 0.3) is 0 Å². The maximum Gasteiger partial charge on any atom is 0.408 e. The SMILES string of the molecule is COC(=O)c1ccc([C@H](C)NC(=O)C2(NC(=O)OC(C)(C)C)CCCCC2)cc1. The number of hydrogen-bond acceptors (Lipinski definition) is 5. The molecule has 1 aliphatic rings. The fraction of sp³-hybridized carbons (Fsp3) is 0.591. The molecule has 0 heterocycles. The van der Waals surface area contributed by atoms with Crippen LogP contribution < -0.4 is 10.6 Å². The first-order valence-electron chi connectivity index (χ1n) is 10.1. The lowest BCUT2D eigenvalue weighted by Gasteiger charge is -2.37. The van der Waals surface area contributed by atoms with Crippen molar-refractivity contribution < 1.29 is 23.9 Å². The van der Waals surface area contributed by atoms with Crippen molar-refractivity contribution in [3.05, 3.63) is 35.4 Å². The first-order chi connectivity index (χ1) is 13.6. The normalized spacial score (nSPS) is 17.0. The predicted molar refractivity (Wildman–Crippen MR) is 110 cm³/mol. The Morgan fingerprint density at radius 1 is 1.03 bits per heavy atom.